The summed E-state index contributed by atoms with van der Waals surface area (Å²) >= 11 is 5.42. The van der Waals surface area contributed by atoms with Crippen LogP contribution in [0.1, 0.15) is 27.7 Å². The van der Waals surface area contributed by atoms with E-state index in [4.69, 9.17) is 5.11 Å². The standard InChI is InChI=1S/C8H15NO3S2.C2H6/c1-8(2,13)7(12)9-5(4-14-3)6(10)11;1-2/h5,13H,4H2,1-3H3,(H,9,12)(H,10,11);1-2H3. The summed E-state index contributed by atoms with van der Waals surface area (Å²) in [4.78, 5) is 22.1. The minimum absolute atomic E-state index is 0.352. The summed E-state index contributed by atoms with van der Waals surface area (Å²) < 4.78 is -0.855. The first kappa shape index (κ1) is 18.0. The van der Waals surface area contributed by atoms with Gasteiger partial charge in [-0.3, -0.25) is 4.79 Å². The van der Waals surface area contributed by atoms with Crippen LogP contribution in [0.3, 0.4) is 0 Å². The fraction of sp³-hybridized carbons (Fsp3) is 0.800. The minimum Gasteiger partial charge on any atom is -0.480 e. The number of carbonyl (C=O) groups excluding carboxylic acids is 1. The second kappa shape index (κ2) is 8.75. The summed E-state index contributed by atoms with van der Waals surface area (Å²) in [6.07, 6.45) is 1.79. The molecule has 6 heteroatoms. The van der Waals surface area contributed by atoms with E-state index in [2.05, 4.69) is 17.9 Å². The molecule has 0 aromatic heterocycles. The molecule has 96 valence electrons. The van der Waals surface area contributed by atoms with Crippen molar-refractivity contribution < 1.29 is 14.7 Å². The van der Waals surface area contributed by atoms with Crippen LogP contribution in [-0.4, -0.2) is 39.8 Å². The molecule has 0 spiro atoms. The van der Waals surface area contributed by atoms with Gasteiger partial charge in [-0.2, -0.15) is 24.4 Å². The molecule has 1 amide bonds. The Morgan fingerprint density at radius 1 is 1.44 bits per heavy atom. The van der Waals surface area contributed by atoms with Crippen LogP contribution in [0.5, 0.6) is 0 Å². The van der Waals surface area contributed by atoms with Crippen molar-refractivity contribution in [3.63, 3.8) is 0 Å². The van der Waals surface area contributed by atoms with Crippen LogP contribution in [0.25, 0.3) is 0 Å². The van der Waals surface area contributed by atoms with E-state index in [0.717, 1.165) is 0 Å². The van der Waals surface area contributed by atoms with Crippen molar-refractivity contribution in [1.29, 1.82) is 0 Å². The van der Waals surface area contributed by atoms with Gasteiger partial charge >= 0.3 is 5.97 Å². The zero-order valence-electron chi connectivity index (χ0n) is 10.4. The Morgan fingerprint density at radius 2 is 1.88 bits per heavy atom. The molecule has 2 N–H and O–H groups in total. The zero-order valence-corrected chi connectivity index (χ0v) is 12.1. The lowest BCUT2D eigenvalue weighted by molar-refractivity contribution is -0.141. The maximum absolute atomic E-state index is 11.4. The molecule has 0 saturated heterocycles. The highest BCUT2D eigenvalue weighted by atomic mass is 32.2. The van der Waals surface area contributed by atoms with Crippen molar-refractivity contribution >= 4 is 36.3 Å². The van der Waals surface area contributed by atoms with Crippen LogP contribution in [0, 0.1) is 0 Å². The van der Waals surface area contributed by atoms with E-state index in [1.54, 1.807) is 20.1 Å². The van der Waals surface area contributed by atoms with E-state index in [-0.39, 0.29) is 5.91 Å². The zero-order chi connectivity index (χ0) is 13.4. The first-order valence-corrected chi connectivity index (χ1v) is 6.88. The van der Waals surface area contributed by atoms with Crippen molar-refractivity contribution in [3.8, 4) is 0 Å². The molecule has 0 saturated carbocycles. The Hall–Kier alpha value is -0.360. The molecule has 4 nitrogen and oxygen atoms in total. The number of carbonyl (C=O) groups is 2. The minimum atomic E-state index is -1.02. The lowest BCUT2D eigenvalue weighted by atomic mass is 10.2. The van der Waals surface area contributed by atoms with Gasteiger partial charge < -0.3 is 10.4 Å². The smallest absolute Gasteiger partial charge is 0.327 e. The number of thiol groups is 1. The predicted octanol–water partition coefficient (Wildman–Crippen LogP) is 1.65. The number of carboxylic acids is 1. The Kier molecular flexibility index (Phi) is 9.86. The fourth-order valence-corrected chi connectivity index (χ4v) is 1.30. The van der Waals surface area contributed by atoms with E-state index in [1.165, 1.54) is 11.8 Å². The van der Waals surface area contributed by atoms with Gasteiger partial charge in [0.2, 0.25) is 5.91 Å². The average molecular weight is 267 g/mol. The molecule has 0 aliphatic carbocycles. The van der Waals surface area contributed by atoms with Gasteiger partial charge in [0.15, 0.2) is 0 Å². The fourth-order valence-electron chi connectivity index (χ4n) is 0.676. The molecule has 0 aromatic rings. The Morgan fingerprint density at radius 3 is 2.12 bits per heavy atom. The van der Waals surface area contributed by atoms with E-state index >= 15 is 0 Å². The second-order valence-corrected chi connectivity index (χ2v) is 5.41. The predicted molar refractivity (Wildman–Crippen MR) is 72.4 cm³/mol. The average Bonchev–Trinajstić information content (AvgIpc) is 2.18. The van der Waals surface area contributed by atoms with Crippen LogP contribution >= 0.6 is 24.4 Å². The molecule has 0 rings (SSSR count). The van der Waals surface area contributed by atoms with Gasteiger partial charge in [0.05, 0.1) is 4.75 Å². The Balaban J connectivity index is 0. The monoisotopic (exact) mass is 267 g/mol. The normalized spacial score (nSPS) is 12.1. The van der Waals surface area contributed by atoms with Gasteiger partial charge in [0.25, 0.3) is 0 Å². The van der Waals surface area contributed by atoms with Crippen molar-refractivity contribution in [2.75, 3.05) is 12.0 Å². The molecular formula is C10H21NO3S2. The molecule has 0 aromatic carbocycles. The van der Waals surface area contributed by atoms with Crippen LogP contribution in [0.4, 0.5) is 0 Å². The lowest BCUT2D eigenvalue weighted by Crippen LogP contribution is -2.48. The summed E-state index contributed by atoms with van der Waals surface area (Å²) in [6.45, 7) is 7.23. The maximum Gasteiger partial charge on any atom is 0.327 e. The van der Waals surface area contributed by atoms with Crippen LogP contribution in [-0.2, 0) is 9.59 Å². The quantitative estimate of drug-likeness (QED) is 0.663. The Labute approximate surface area is 107 Å². The van der Waals surface area contributed by atoms with E-state index in [1.807, 2.05) is 13.8 Å². The first-order valence-electron chi connectivity index (χ1n) is 5.04. The highest BCUT2D eigenvalue weighted by Crippen LogP contribution is 2.12. The van der Waals surface area contributed by atoms with Gasteiger partial charge in [0, 0.05) is 5.75 Å². The van der Waals surface area contributed by atoms with Crippen molar-refractivity contribution in [2.24, 2.45) is 0 Å². The van der Waals surface area contributed by atoms with Gasteiger partial charge in [-0.05, 0) is 20.1 Å². The van der Waals surface area contributed by atoms with E-state index < -0.39 is 16.8 Å². The number of hydrogen-bond donors (Lipinski definition) is 3. The highest BCUT2D eigenvalue weighted by molar-refractivity contribution is 7.98. The summed E-state index contributed by atoms with van der Waals surface area (Å²) in [7, 11) is 0. The number of carboxylic acid groups (broad SMARTS) is 1. The Bertz CT molecular complexity index is 227. The molecule has 0 fully saturated rings. The van der Waals surface area contributed by atoms with Gasteiger partial charge in [0.1, 0.15) is 6.04 Å². The van der Waals surface area contributed by atoms with Crippen LogP contribution < -0.4 is 5.32 Å². The molecule has 1 unspecified atom stereocenters. The molecule has 0 aliphatic rings. The van der Waals surface area contributed by atoms with Crippen molar-refractivity contribution in [2.45, 2.75) is 38.5 Å². The van der Waals surface area contributed by atoms with Crippen LogP contribution in [0.2, 0.25) is 0 Å². The van der Waals surface area contributed by atoms with Gasteiger partial charge in [-0.25, -0.2) is 4.79 Å². The van der Waals surface area contributed by atoms with Crippen molar-refractivity contribution in [3.05, 3.63) is 0 Å². The van der Waals surface area contributed by atoms with E-state index in [9.17, 15) is 9.59 Å². The number of rotatable bonds is 5. The topological polar surface area (TPSA) is 66.4 Å². The SMILES string of the molecule is CC.CSCC(NC(=O)C(C)(C)S)C(=O)O. The third-order valence-corrected chi connectivity index (χ3v) is 2.36. The molecule has 16 heavy (non-hydrogen) atoms. The first-order chi connectivity index (χ1) is 7.29. The van der Waals surface area contributed by atoms with Gasteiger partial charge in [-0.1, -0.05) is 13.8 Å². The second-order valence-electron chi connectivity index (χ2n) is 3.38. The molecule has 0 aliphatic heterocycles. The van der Waals surface area contributed by atoms with Crippen molar-refractivity contribution in [1.82, 2.24) is 5.32 Å². The molecule has 0 bridgehead atoms. The lowest BCUT2D eigenvalue weighted by Gasteiger charge is -2.20. The number of hydrogen-bond acceptors (Lipinski definition) is 4. The largest absolute Gasteiger partial charge is 0.480 e. The third-order valence-electron chi connectivity index (χ3n) is 1.49. The summed E-state index contributed by atoms with van der Waals surface area (Å²) in [5.41, 5.74) is 0. The number of aliphatic carboxylic acids is 1. The highest BCUT2D eigenvalue weighted by Gasteiger charge is 2.27. The summed E-state index contributed by atoms with van der Waals surface area (Å²) in [6, 6.07) is -0.844. The molecular weight excluding hydrogens is 246 g/mol. The number of nitrogens with one attached hydrogen (secondary N) is 1. The summed E-state index contributed by atoms with van der Waals surface area (Å²) in [5, 5.41) is 11.2. The third kappa shape index (κ3) is 7.87. The van der Waals surface area contributed by atoms with E-state index in [0.29, 0.717) is 5.75 Å². The molecule has 0 radical (unpaired) electrons. The molecule has 1 atom stereocenters. The number of amides is 1. The number of thioether (sulfide) groups is 1. The maximum atomic E-state index is 11.4. The molecule has 0 heterocycles. The van der Waals surface area contributed by atoms with Crippen LogP contribution in [0.15, 0.2) is 0 Å². The van der Waals surface area contributed by atoms with Gasteiger partial charge in [-0.15, -0.1) is 0 Å². The summed E-state index contributed by atoms with van der Waals surface area (Å²) in [5.74, 6) is -1.04.